The van der Waals surface area contributed by atoms with Gasteiger partial charge in [0.15, 0.2) is 9.84 Å². The molecule has 1 atom stereocenters. The van der Waals surface area contributed by atoms with Gasteiger partial charge >= 0.3 is 5.97 Å². The first kappa shape index (κ1) is 12.1. The van der Waals surface area contributed by atoms with Crippen molar-refractivity contribution in [1.29, 1.82) is 0 Å². The molecule has 17 heavy (non-hydrogen) atoms. The van der Waals surface area contributed by atoms with Gasteiger partial charge in [-0.25, -0.2) is 13.2 Å². The van der Waals surface area contributed by atoms with Crippen LogP contribution in [-0.2, 0) is 16.4 Å². The van der Waals surface area contributed by atoms with Crippen LogP contribution < -0.4 is 5.32 Å². The molecule has 1 aromatic heterocycles. The summed E-state index contributed by atoms with van der Waals surface area (Å²) in [5.74, 6) is -0.904. The maximum Gasteiger partial charge on any atom is 0.372 e. The molecule has 0 spiro atoms. The highest BCUT2D eigenvalue weighted by molar-refractivity contribution is 7.91. The van der Waals surface area contributed by atoms with Crippen molar-refractivity contribution >= 4 is 15.8 Å². The van der Waals surface area contributed by atoms with Crippen molar-refractivity contribution in [3.8, 4) is 0 Å². The summed E-state index contributed by atoms with van der Waals surface area (Å²) < 4.78 is 27.3. The molecule has 0 saturated carbocycles. The Morgan fingerprint density at radius 2 is 2.35 bits per heavy atom. The lowest BCUT2D eigenvalue weighted by Gasteiger charge is -2.09. The molecule has 0 aromatic carbocycles. The lowest BCUT2D eigenvalue weighted by atomic mass is 10.2. The molecule has 2 heterocycles. The number of carbonyl (C=O) groups is 1. The standard InChI is InChI=1S/C10H13NO5S/c12-10(13)9-7(1-3-16-9)5-11-8-2-4-17(14,15)6-8/h1,3,8,11H,2,4-6H2,(H,12,13). The summed E-state index contributed by atoms with van der Waals surface area (Å²) in [5.41, 5.74) is 0.529. The normalized spacial score (nSPS) is 22.7. The minimum Gasteiger partial charge on any atom is -0.475 e. The van der Waals surface area contributed by atoms with Crippen LogP contribution in [0.2, 0.25) is 0 Å². The third kappa shape index (κ3) is 2.86. The molecule has 0 amide bonds. The highest BCUT2D eigenvalue weighted by Gasteiger charge is 2.27. The minimum absolute atomic E-state index is 0.0987. The van der Waals surface area contributed by atoms with Crippen LogP contribution in [0, 0.1) is 0 Å². The number of hydrogen-bond acceptors (Lipinski definition) is 5. The molecule has 94 valence electrons. The lowest BCUT2D eigenvalue weighted by molar-refractivity contribution is 0.0660. The topological polar surface area (TPSA) is 96.6 Å². The van der Waals surface area contributed by atoms with Crippen molar-refractivity contribution in [2.75, 3.05) is 11.5 Å². The maximum absolute atomic E-state index is 11.2. The van der Waals surface area contributed by atoms with Crippen LogP contribution in [0.4, 0.5) is 0 Å². The van der Waals surface area contributed by atoms with Crippen LogP contribution in [0.1, 0.15) is 22.5 Å². The zero-order valence-electron chi connectivity index (χ0n) is 9.05. The van der Waals surface area contributed by atoms with Crippen LogP contribution >= 0.6 is 0 Å². The average molecular weight is 259 g/mol. The fraction of sp³-hybridized carbons (Fsp3) is 0.500. The number of rotatable bonds is 4. The number of hydrogen-bond donors (Lipinski definition) is 2. The first-order valence-corrected chi connectivity index (χ1v) is 7.03. The fourth-order valence-electron chi connectivity index (χ4n) is 1.87. The van der Waals surface area contributed by atoms with Crippen LogP contribution in [0.3, 0.4) is 0 Å². The summed E-state index contributed by atoms with van der Waals surface area (Å²) in [6.07, 6.45) is 1.88. The number of furan rings is 1. The molecule has 2 rings (SSSR count). The molecule has 1 unspecified atom stereocenters. The van der Waals surface area contributed by atoms with E-state index in [-0.39, 0.29) is 23.3 Å². The first-order valence-electron chi connectivity index (χ1n) is 5.21. The Morgan fingerprint density at radius 1 is 1.59 bits per heavy atom. The lowest BCUT2D eigenvalue weighted by Crippen LogP contribution is -2.29. The number of aromatic carboxylic acids is 1. The summed E-state index contributed by atoms with van der Waals surface area (Å²) in [5, 5.41) is 11.8. The van der Waals surface area contributed by atoms with Gasteiger partial charge in [-0.1, -0.05) is 0 Å². The summed E-state index contributed by atoms with van der Waals surface area (Å²) in [6.45, 7) is 0.304. The van der Waals surface area contributed by atoms with Crippen LogP contribution in [-0.4, -0.2) is 37.0 Å². The minimum atomic E-state index is -2.92. The third-order valence-electron chi connectivity index (χ3n) is 2.75. The summed E-state index contributed by atoms with van der Waals surface area (Å²) in [7, 11) is -2.92. The Balaban J connectivity index is 1.95. The third-order valence-corrected chi connectivity index (χ3v) is 4.52. The Labute approximate surface area is 98.5 Å². The van der Waals surface area contributed by atoms with Crippen molar-refractivity contribution in [2.24, 2.45) is 0 Å². The zero-order valence-corrected chi connectivity index (χ0v) is 9.87. The van der Waals surface area contributed by atoms with Crippen LogP contribution in [0.15, 0.2) is 16.7 Å². The maximum atomic E-state index is 11.2. The van der Waals surface area contributed by atoms with Gasteiger partial charge in [0, 0.05) is 18.2 Å². The fourth-order valence-corrected chi connectivity index (χ4v) is 3.58. The molecule has 6 nitrogen and oxygen atoms in total. The van der Waals surface area contributed by atoms with E-state index >= 15 is 0 Å². The Kier molecular flexibility index (Phi) is 3.21. The zero-order chi connectivity index (χ0) is 12.5. The number of carboxylic acid groups (broad SMARTS) is 1. The van der Waals surface area contributed by atoms with E-state index in [9.17, 15) is 13.2 Å². The van der Waals surface area contributed by atoms with E-state index in [0.29, 0.717) is 18.5 Å². The van der Waals surface area contributed by atoms with Crippen LogP contribution in [0.5, 0.6) is 0 Å². The van der Waals surface area contributed by atoms with Gasteiger partial charge in [0.2, 0.25) is 5.76 Å². The Bertz CT molecular complexity index is 519. The second kappa shape index (κ2) is 4.50. The molecular weight excluding hydrogens is 246 g/mol. The molecule has 1 saturated heterocycles. The highest BCUT2D eigenvalue weighted by Crippen LogP contribution is 2.14. The van der Waals surface area contributed by atoms with Gasteiger partial charge in [-0.15, -0.1) is 0 Å². The predicted molar refractivity (Wildman–Crippen MR) is 59.6 cm³/mol. The number of sulfone groups is 1. The van der Waals surface area contributed by atoms with Crippen molar-refractivity contribution in [3.05, 3.63) is 23.7 Å². The summed E-state index contributed by atoms with van der Waals surface area (Å²) in [6, 6.07) is 1.47. The summed E-state index contributed by atoms with van der Waals surface area (Å²) in [4.78, 5) is 10.8. The number of carboxylic acids is 1. The van der Waals surface area contributed by atoms with Gasteiger partial charge in [-0.05, 0) is 12.5 Å². The van der Waals surface area contributed by atoms with Gasteiger partial charge in [0.05, 0.1) is 17.8 Å². The molecule has 0 radical (unpaired) electrons. The van der Waals surface area contributed by atoms with E-state index < -0.39 is 15.8 Å². The molecular formula is C10H13NO5S. The van der Waals surface area contributed by atoms with E-state index in [1.165, 1.54) is 6.26 Å². The average Bonchev–Trinajstić information content (AvgIpc) is 2.81. The van der Waals surface area contributed by atoms with E-state index in [1.54, 1.807) is 6.07 Å². The van der Waals surface area contributed by atoms with E-state index in [0.717, 1.165) is 0 Å². The van der Waals surface area contributed by atoms with Gasteiger partial charge < -0.3 is 14.8 Å². The van der Waals surface area contributed by atoms with Crippen molar-refractivity contribution in [1.82, 2.24) is 5.32 Å². The summed E-state index contributed by atoms with van der Waals surface area (Å²) >= 11 is 0. The first-order chi connectivity index (χ1) is 7.98. The molecule has 0 bridgehead atoms. The Hall–Kier alpha value is -1.34. The molecule has 1 aliphatic heterocycles. The molecule has 0 aliphatic carbocycles. The van der Waals surface area contributed by atoms with Crippen LogP contribution in [0.25, 0.3) is 0 Å². The van der Waals surface area contributed by atoms with E-state index in [2.05, 4.69) is 5.32 Å². The van der Waals surface area contributed by atoms with Gasteiger partial charge in [-0.3, -0.25) is 0 Å². The SMILES string of the molecule is O=C(O)c1occc1CNC1CCS(=O)(=O)C1. The smallest absolute Gasteiger partial charge is 0.372 e. The second-order valence-corrected chi connectivity index (χ2v) is 6.29. The predicted octanol–water partition coefficient (Wildman–Crippen LogP) is 0.254. The van der Waals surface area contributed by atoms with E-state index in [1.807, 2.05) is 0 Å². The molecule has 1 aromatic rings. The van der Waals surface area contributed by atoms with Crippen molar-refractivity contribution in [2.45, 2.75) is 19.0 Å². The Morgan fingerprint density at radius 3 is 2.94 bits per heavy atom. The van der Waals surface area contributed by atoms with Gasteiger partial charge in [0.25, 0.3) is 0 Å². The molecule has 7 heteroatoms. The van der Waals surface area contributed by atoms with Crippen molar-refractivity contribution < 1.29 is 22.7 Å². The largest absolute Gasteiger partial charge is 0.475 e. The van der Waals surface area contributed by atoms with Gasteiger partial charge in [-0.2, -0.15) is 0 Å². The van der Waals surface area contributed by atoms with E-state index in [4.69, 9.17) is 9.52 Å². The molecule has 1 aliphatic rings. The van der Waals surface area contributed by atoms with Crippen molar-refractivity contribution in [3.63, 3.8) is 0 Å². The molecule has 2 N–H and O–H groups in total. The monoisotopic (exact) mass is 259 g/mol. The van der Waals surface area contributed by atoms with Gasteiger partial charge in [0.1, 0.15) is 0 Å². The number of nitrogens with one attached hydrogen (secondary N) is 1. The molecule has 1 fully saturated rings. The highest BCUT2D eigenvalue weighted by atomic mass is 32.2. The second-order valence-electron chi connectivity index (χ2n) is 4.06. The quantitative estimate of drug-likeness (QED) is 0.804.